The van der Waals surface area contributed by atoms with Crippen molar-refractivity contribution in [2.45, 2.75) is 98.4 Å². The first-order valence-corrected chi connectivity index (χ1v) is 13.3. The summed E-state index contributed by atoms with van der Waals surface area (Å²) in [5.41, 5.74) is -5.75. The molecule has 3 unspecified atom stereocenters. The van der Waals surface area contributed by atoms with Crippen LogP contribution in [0, 0.1) is 39.4 Å². The molecule has 0 radical (unpaired) electrons. The number of fused-ring (bicyclic) bond motifs is 5. The molecule has 3 N–H and O–H groups in total. The van der Waals surface area contributed by atoms with Gasteiger partial charge in [0.2, 0.25) is 5.78 Å². The van der Waals surface area contributed by atoms with Crippen molar-refractivity contribution in [3.8, 4) is 0 Å². The molecular weight excluding hydrogens is 472 g/mol. The van der Waals surface area contributed by atoms with E-state index in [1.165, 1.54) is 26.8 Å². The van der Waals surface area contributed by atoms with Crippen LogP contribution in [0.15, 0.2) is 23.8 Å². The summed E-state index contributed by atoms with van der Waals surface area (Å²) in [4.78, 5) is 52.9. The normalized spacial score (nSPS) is 43.1. The maximum atomic E-state index is 14.2. The van der Waals surface area contributed by atoms with Crippen LogP contribution in [0.5, 0.6) is 0 Å². The molecule has 8 atom stereocenters. The van der Waals surface area contributed by atoms with Crippen molar-refractivity contribution >= 4 is 23.1 Å². The molecule has 3 fully saturated rings. The van der Waals surface area contributed by atoms with E-state index < -0.39 is 68.2 Å². The van der Waals surface area contributed by atoms with Crippen molar-refractivity contribution in [1.29, 1.82) is 0 Å². The molecule has 0 amide bonds. The number of rotatable bonds is 4. The minimum atomic E-state index is -1.97. The predicted molar refractivity (Wildman–Crippen MR) is 137 cm³/mol. The smallest absolute Gasteiger partial charge is 0.207 e. The Labute approximate surface area is 219 Å². The van der Waals surface area contributed by atoms with Crippen molar-refractivity contribution in [3.63, 3.8) is 0 Å². The van der Waals surface area contributed by atoms with E-state index in [1.807, 2.05) is 26.8 Å². The summed E-state index contributed by atoms with van der Waals surface area (Å²) in [5.74, 6) is -3.09. The maximum absolute atomic E-state index is 14.2. The van der Waals surface area contributed by atoms with Gasteiger partial charge in [-0.15, -0.1) is 0 Å². The van der Waals surface area contributed by atoms with E-state index in [0.717, 1.165) is 11.6 Å². The largest absolute Gasteiger partial charge is 0.393 e. The lowest BCUT2D eigenvalue weighted by molar-refractivity contribution is -0.182. The van der Waals surface area contributed by atoms with E-state index in [-0.39, 0.29) is 24.5 Å². The molecule has 0 spiro atoms. The van der Waals surface area contributed by atoms with Gasteiger partial charge in [-0.25, -0.2) is 0 Å². The molecule has 7 nitrogen and oxygen atoms in total. The number of carbonyl (C=O) groups excluding carboxylic acids is 4. The average molecular weight is 515 g/mol. The van der Waals surface area contributed by atoms with Gasteiger partial charge < -0.3 is 15.3 Å². The number of hydrogen-bond donors (Lipinski definition) is 3. The zero-order valence-electron chi connectivity index (χ0n) is 23.3. The molecule has 0 aromatic carbocycles. The minimum Gasteiger partial charge on any atom is -0.393 e. The molecule has 0 aromatic rings. The van der Waals surface area contributed by atoms with Gasteiger partial charge in [0.1, 0.15) is 11.4 Å². The molecule has 4 aliphatic carbocycles. The van der Waals surface area contributed by atoms with Crippen LogP contribution in [-0.2, 0) is 19.2 Å². The van der Waals surface area contributed by atoms with E-state index in [0.29, 0.717) is 12.8 Å². The highest BCUT2D eigenvalue weighted by Crippen LogP contribution is 2.73. The van der Waals surface area contributed by atoms with E-state index in [2.05, 4.69) is 0 Å². The van der Waals surface area contributed by atoms with Crippen LogP contribution in [0.3, 0.4) is 0 Å². The van der Waals surface area contributed by atoms with Crippen molar-refractivity contribution in [1.82, 2.24) is 0 Å². The van der Waals surface area contributed by atoms with Crippen LogP contribution in [0.25, 0.3) is 0 Å². The summed E-state index contributed by atoms with van der Waals surface area (Å²) < 4.78 is 0. The molecule has 0 saturated heterocycles. The SMILES string of the molecule is CC(C)(O)C=CC(=O)[C@](C)(O)C1[C@H](O)C[C@@]2(C)C3CC=C4C(CC(=O)C(=O)C4(C)C)[C@]3(C)C(=O)C[C@]12C. The first kappa shape index (κ1) is 28.1. The van der Waals surface area contributed by atoms with Crippen LogP contribution >= 0.6 is 0 Å². The van der Waals surface area contributed by atoms with E-state index in [1.54, 1.807) is 13.8 Å². The predicted octanol–water partition coefficient (Wildman–Crippen LogP) is 3.14. The second-order valence-corrected chi connectivity index (χ2v) is 14.0. The van der Waals surface area contributed by atoms with Crippen molar-refractivity contribution in [2.24, 2.45) is 39.4 Å². The summed E-state index contributed by atoms with van der Waals surface area (Å²) in [6.45, 7) is 13.8. The third kappa shape index (κ3) is 3.64. The molecule has 0 aromatic heterocycles. The molecule has 0 aliphatic heterocycles. The van der Waals surface area contributed by atoms with Gasteiger partial charge in [0, 0.05) is 30.1 Å². The Morgan fingerprint density at radius 1 is 1.03 bits per heavy atom. The quantitative estimate of drug-likeness (QED) is 0.299. The van der Waals surface area contributed by atoms with Gasteiger partial charge in [-0.3, -0.25) is 19.2 Å². The number of aliphatic hydroxyl groups excluding tert-OH is 1. The number of hydrogen-bond acceptors (Lipinski definition) is 7. The molecule has 4 rings (SSSR count). The highest BCUT2D eigenvalue weighted by atomic mass is 16.3. The highest BCUT2D eigenvalue weighted by molar-refractivity contribution is 6.40. The Hall–Kier alpha value is -1.96. The molecule has 7 heteroatoms. The lowest BCUT2D eigenvalue weighted by Crippen LogP contribution is -2.65. The first-order chi connectivity index (χ1) is 16.7. The van der Waals surface area contributed by atoms with Gasteiger partial charge in [0.25, 0.3) is 0 Å². The fourth-order valence-electron chi connectivity index (χ4n) is 8.82. The molecule has 204 valence electrons. The van der Waals surface area contributed by atoms with Crippen molar-refractivity contribution < 1.29 is 34.5 Å². The monoisotopic (exact) mass is 514 g/mol. The van der Waals surface area contributed by atoms with Crippen molar-refractivity contribution in [2.75, 3.05) is 0 Å². The summed E-state index contributed by atoms with van der Waals surface area (Å²) in [7, 11) is 0. The Kier molecular flexibility index (Phi) is 6.09. The number of Topliss-reactive ketones (excluding diaryl/α,β-unsaturated/α-hetero) is 3. The second-order valence-electron chi connectivity index (χ2n) is 14.0. The number of allylic oxidation sites excluding steroid dienone is 2. The summed E-state index contributed by atoms with van der Waals surface area (Å²) in [5, 5.41) is 33.0. The fourth-order valence-corrected chi connectivity index (χ4v) is 8.82. The first-order valence-electron chi connectivity index (χ1n) is 13.3. The van der Waals surface area contributed by atoms with Crippen molar-refractivity contribution in [3.05, 3.63) is 23.8 Å². The van der Waals surface area contributed by atoms with Gasteiger partial charge in [0.15, 0.2) is 11.6 Å². The van der Waals surface area contributed by atoms with Gasteiger partial charge >= 0.3 is 0 Å². The zero-order chi connectivity index (χ0) is 28.1. The average Bonchev–Trinajstić information content (AvgIpc) is 2.96. The molecule has 4 aliphatic rings. The molecular formula is C30H42O7. The van der Waals surface area contributed by atoms with Gasteiger partial charge in [-0.2, -0.15) is 0 Å². The van der Waals surface area contributed by atoms with Crippen LogP contribution in [0.4, 0.5) is 0 Å². The van der Waals surface area contributed by atoms with Crippen LogP contribution in [0.1, 0.15) is 81.1 Å². The summed E-state index contributed by atoms with van der Waals surface area (Å²) in [6, 6.07) is 0. The van der Waals surface area contributed by atoms with E-state index >= 15 is 0 Å². The molecule has 0 bridgehead atoms. The Morgan fingerprint density at radius 3 is 2.19 bits per heavy atom. The summed E-state index contributed by atoms with van der Waals surface area (Å²) >= 11 is 0. The van der Waals surface area contributed by atoms with Crippen LogP contribution in [-0.4, -0.2) is 55.8 Å². The minimum absolute atomic E-state index is 0.00353. The topological polar surface area (TPSA) is 129 Å². The third-order valence-electron chi connectivity index (χ3n) is 11.0. The molecule has 37 heavy (non-hydrogen) atoms. The van der Waals surface area contributed by atoms with Gasteiger partial charge in [0.05, 0.1) is 17.1 Å². The molecule has 3 saturated carbocycles. The van der Waals surface area contributed by atoms with E-state index in [4.69, 9.17) is 0 Å². The number of aliphatic hydroxyl groups is 3. The second kappa shape index (κ2) is 8.03. The maximum Gasteiger partial charge on any atom is 0.207 e. The zero-order valence-corrected chi connectivity index (χ0v) is 23.3. The fraction of sp³-hybridized carbons (Fsp3) is 0.733. The standard InChI is InChI=1S/C30H42O7/c1-25(2,36)12-11-21(33)30(8,37)23-19(32)14-27(5)20-10-9-16-17(13-18(31)24(35)26(16,3)4)29(20,7)22(34)15-28(23,27)6/h9,11-12,17,19-20,23,32,36-37H,10,13-15H2,1-8H3/t17?,19-,20?,23?,27+,28-,29+,30+/m1/s1. The Morgan fingerprint density at radius 2 is 1.62 bits per heavy atom. The lowest BCUT2D eigenvalue weighted by atomic mass is 9.38. The summed E-state index contributed by atoms with van der Waals surface area (Å²) in [6.07, 6.45) is 4.32. The lowest BCUT2D eigenvalue weighted by Gasteiger charge is -2.64. The number of ketones is 4. The number of carbonyl (C=O) groups is 4. The van der Waals surface area contributed by atoms with E-state index in [9.17, 15) is 34.5 Å². The van der Waals surface area contributed by atoms with Gasteiger partial charge in [-0.05, 0) is 70.3 Å². The van der Waals surface area contributed by atoms with Crippen LogP contribution in [0.2, 0.25) is 0 Å². The Balaban J connectivity index is 1.81. The molecule has 0 heterocycles. The van der Waals surface area contributed by atoms with Gasteiger partial charge in [-0.1, -0.05) is 38.5 Å². The highest BCUT2D eigenvalue weighted by Gasteiger charge is 2.74. The third-order valence-corrected chi connectivity index (χ3v) is 11.0. The Bertz CT molecular complexity index is 1140. The van der Waals surface area contributed by atoms with Crippen LogP contribution < -0.4 is 0 Å².